The van der Waals surface area contributed by atoms with Crippen LogP contribution in [0.1, 0.15) is 60.4 Å². The van der Waals surface area contributed by atoms with Crippen molar-refractivity contribution in [2.24, 2.45) is 11.8 Å². The fraction of sp³-hybridized carbons (Fsp3) is 0.444. The van der Waals surface area contributed by atoms with Crippen molar-refractivity contribution in [2.45, 2.75) is 58.0 Å². The van der Waals surface area contributed by atoms with Gasteiger partial charge in [-0.15, -0.1) is 0 Å². The quantitative estimate of drug-likeness (QED) is 0.669. The molecule has 5 heteroatoms. The lowest BCUT2D eigenvalue weighted by Gasteiger charge is -2.31. The summed E-state index contributed by atoms with van der Waals surface area (Å²) in [7, 11) is 0. The van der Waals surface area contributed by atoms with Crippen molar-refractivity contribution in [1.29, 1.82) is 0 Å². The van der Waals surface area contributed by atoms with Crippen molar-refractivity contribution in [1.82, 2.24) is 9.80 Å². The van der Waals surface area contributed by atoms with Gasteiger partial charge in [-0.2, -0.15) is 0 Å². The summed E-state index contributed by atoms with van der Waals surface area (Å²) in [5, 5.41) is 0. The molecule has 3 aliphatic rings. The topological polar surface area (TPSA) is 57.7 Å². The van der Waals surface area contributed by atoms with Crippen molar-refractivity contribution in [3.8, 4) is 0 Å². The Morgan fingerprint density at radius 2 is 1.59 bits per heavy atom. The van der Waals surface area contributed by atoms with E-state index in [9.17, 15) is 14.4 Å². The molecule has 2 fully saturated rings. The van der Waals surface area contributed by atoms with E-state index >= 15 is 0 Å². The van der Waals surface area contributed by atoms with Crippen LogP contribution in [-0.4, -0.2) is 34.1 Å². The molecule has 0 aromatic heterocycles. The van der Waals surface area contributed by atoms with Crippen molar-refractivity contribution in [3.63, 3.8) is 0 Å². The van der Waals surface area contributed by atoms with Crippen LogP contribution in [0.15, 0.2) is 48.5 Å². The van der Waals surface area contributed by atoms with E-state index in [1.54, 1.807) is 0 Å². The molecule has 2 aromatic rings. The minimum absolute atomic E-state index is 0.0323. The summed E-state index contributed by atoms with van der Waals surface area (Å²) in [5.41, 5.74) is 4.69. The third kappa shape index (κ3) is 3.74. The molecule has 3 atom stereocenters. The highest BCUT2D eigenvalue weighted by Gasteiger charge is 2.49. The van der Waals surface area contributed by atoms with Gasteiger partial charge in [0.1, 0.15) is 6.54 Å². The van der Waals surface area contributed by atoms with Gasteiger partial charge in [0.05, 0.1) is 17.9 Å². The number of carbonyl (C=O) groups is 3. The molecule has 1 heterocycles. The Morgan fingerprint density at radius 1 is 0.938 bits per heavy atom. The Balaban J connectivity index is 1.41. The minimum Gasteiger partial charge on any atom is -0.330 e. The molecule has 32 heavy (non-hydrogen) atoms. The number of rotatable bonds is 5. The largest absolute Gasteiger partial charge is 0.330 e. The first-order chi connectivity index (χ1) is 15.5. The van der Waals surface area contributed by atoms with Crippen molar-refractivity contribution in [3.05, 3.63) is 70.8 Å². The Morgan fingerprint density at radius 3 is 2.28 bits per heavy atom. The lowest BCUT2D eigenvalue weighted by atomic mass is 9.81. The summed E-state index contributed by atoms with van der Waals surface area (Å²) in [6, 6.07) is 16.5. The number of nitrogens with zero attached hydrogens (tertiary/aromatic N) is 2. The number of aryl methyl sites for hydroxylation is 2. The predicted molar refractivity (Wildman–Crippen MR) is 121 cm³/mol. The van der Waals surface area contributed by atoms with Crippen molar-refractivity contribution in [2.75, 3.05) is 6.54 Å². The first-order valence-corrected chi connectivity index (χ1v) is 11.8. The number of carbonyl (C=O) groups excluding carboxylic acids is 3. The summed E-state index contributed by atoms with van der Waals surface area (Å²) in [6.07, 6.45) is 5.31. The van der Waals surface area contributed by atoms with Gasteiger partial charge in [0.25, 0.3) is 0 Å². The molecule has 0 bridgehead atoms. The average molecular weight is 431 g/mol. The van der Waals surface area contributed by atoms with Gasteiger partial charge in [-0.3, -0.25) is 19.3 Å². The number of imide groups is 1. The summed E-state index contributed by atoms with van der Waals surface area (Å²) in [5.74, 6) is -0.874. The molecule has 3 amide bonds. The van der Waals surface area contributed by atoms with E-state index in [-0.39, 0.29) is 42.1 Å². The minimum atomic E-state index is -0.221. The zero-order valence-electron chi connectivity index (χ0n) is 18.6. The van der Waals surface area contributed by atoms with E-state index in [0.717, 1.165) is 44.1 Å². The van der Waals surface area contributed by atoms with Crippen molar-refractivity contribution >= 4 is 17.7 Å². The molecule has 0 spiro atoms. The van der Waals surface area contributed by atoms with E-state index < -0.39 is 0 Å². The summed E-state index contributed by atoms with van der Waals surface area (Å²) < 4.78 is 0. The van der Waals surface area contributed by atoms with E-state index in [4.69, 9.17) is 0 Å². The van der Waals surface area contributed by atoms with Gasteiger partial charge in [-0.1, -0.05) is 66.9 Å². The highest BCUT2D eigenvalue weighted by molar-refractivity contribution is 6.07. The molecule has 166 valence electrons. The standard InChI is InChI=1S/C27H30N2O3/c1-18-10-12-19(13-11-18)16-28(24-15-14-20-6-2-3-7-21(20)24)25(30)17-29-26(31)22-8-4-5-9-23(22)27(29)32/h2-3,6-7,10-13,22-24H,4-5,8-9,14-17H2,1H3. The lowest BCUT2D eigenvalue weighted by molar-refractivity contribution is -0.147. The maximum absolute atomic E-state index is 13.6. The molecule has 2 aliphatic carbocycles. The number of fused-ring (bicyclic) bond motifs is 2. The molecule has 2 aromatic carbocycles. The number of likely N-dealkylation sites (tertiary alicyclic amines) is 1. The molecule has 1 saturated heterocycles. The number of benzene rings is 2. The van der Waals surface area contributed by atoms with Gasteiger partial charge >= 0.3 is 0 Å². The second kappa shape index (κ2) is 8.53. The van der Waals surface area contributed by atoms with Crippen LogP contribution in [0.5, 0.6) is 0 Å². The normalized spacial score (nSPS) is 24.4. The molecule has 1 saturated carbocycles. The van der Waals surface area contributed by atoms with Crippen LogP contribution < -0.4 is 0 Å². The van der Waals surface area contributed by atoms with E-state index in [0.29, 0.717) is 6.54 Å². The van der Waals surface area contributed by atoms with Gasteiger partial charge < -0.3 is 4.90 Å². The van der Waals surface area contributed by atoms with Crippen molar-refractivity contribution < 1.29 is 14.4 Å². The Bertz CT molecular complexity index is 1020. The summed E-state index contributed by atoms with van der Waals surface area (Å²) in [6.45, 7) is 2.38. The zero-order chi connectivity index (χ0) is 22.2. The van der Waals surface area contributed by atoms with Crippen LogP contribution in [0, 0.1) is 18.8 Å². The molecule has 5 nitrogen and oxygen atoms in total. The maximum atomic E-state index is 13.6. The fourth-order valence-corrected chi connectivity index (χ4v) is 5.73. The van der Waals surface area contributed by atoms with Crippen LogP contribution in [0.2, 0.25) is 0 Å². The van der Waals surface area contributed by atoms with E-state index in [1.807, 2.05) is 24.0 Å². The molecule has 5 rings (SSSR count). The third-order valence-electron chi connectivity index (χ3n) is 7.50. The van der Waals surface area contributed by atoms with E-state index in [1.165, 1.54) is 21.6 Å². The second-order valence-electron chi connectivity index (χ2n) is 9.52. The van der Waals surface area contributed by atoms with Crippen LogP contribution in [0.3, 0.4) is 0 Å². The van der Waals surface area contributed by atoms with Gasteiger partial charge in [-0.25, -0.2) is 0 Å². The summed E-state index contributed by atoms with van der Waals surface area (Å²) in [4.78, 5) is 42.7. The predicted octanol–water partition coefficient (Wildman–Crippen LogP) is 4.19. The third-order valence-corrected chi connectivity index (χ3v) is 7.50. The number of amides is 3. The number of hydrogen-bond acceptors (Lipinski definition) is 3. The monoisotopic (exact) mass is 430 g/mol. The van der Waals surface area contributed by atoms with Crippen LogP contribution in [0.4, 0.5) is 0 Å². The van der Waals surface area contributed by atoms with E-state index in [2.05, 4.69) is 36.4 Å². The zero-order valence-corrected chi connectivity index (χ0v) is 18.6. The first kappa shape index (κ1) is 20.9. The fourth-order valence-electron chi connectivity index (χ4n) is 5.73. The SMILES string of the molecule is Cc1ccc(CN(C(=O)CN2C(=O)C3CCCCC3C2=O)C2CCc3ccccc32)cc1. The molecule has 1 aliphatic heterocycles. The molecule has 0 N–H and O–H groups in total. The van der Waals surface area contributed by atoms with Gasteiger partial charge in [0.2, 0.25) is 17.7 Å². The molecule has 3 unspecified atom stereocenters. The van der Waals surface area contributed by atoms with Gasteiger partial charge in [0, 0.05) is 6.54 Å². The van der Waals surface area contributed by atoms with Gasteiger partial charge in [0.15, 0.2) is 0 Å². The average Bonchev–Trinajstić information content (AvgIpc) is 3.34. The molecule has 0 radical (unpaired) electrons. The maximum Gasteiger partial charge on any atom is 0.243 e. The molecular weight excluding hydrogens is 400 g/mol. The Hall–Kier alpha value is -2.95. The first-order valence-electron chi connectivity index (χ1n) is 11.8. The second-order valence-corrected chi connectivity index (χ2v) is 9.52. The number of hydrogen-bond donors (Lipinski definition) is 0. The summed E-state index contributed by atoms with van der Waals surface area (Å²) >= 11 is 0. The lowest BCUT2D eigenvalue weighted by Crippen LogP contribution is -2.44. The highest BCUT2D eigenvalue weighted by atomic mass is 16.2. The smallest absolute Gasteiger partial charge is 0.243 e. The Kier molecular flexibility index (Phi) is 5.58. The highest BCUT2D eigenvalue weighted by Crippen LogP contribution is 2.39. The van der Waals surface area contributed by atoms with Gasteiger partial charge in [-0.05, 0) is 49.3 Å². The van der Waals surface area contributed by atoms with Crippen LogP contribution >= 0.6 is 0 Å². The van der Waals surface area contributed by atoms with Crippen LogP contribution in [-0.2, 0) is 27.3 Å². The Labute approximate surface area is 189 Å². The molecular formula is C27H30N2O3. The van der Waals surface area contributed by atoms with Crippen LogP contribution in [0.25, 0.3) is 0 Å².